The summed E-state index contributed by atoms with van der Waals surface area (Å²) in [6, 6.07) is 11.3. The van der Waals surface area contributed by atoms with Crippen LogP contribution in [0.15, 0.2) is 55.0 Å². The molecule has 4 aromatic rings. The van der Waals surface area contributed by atoms with Crippen LogP contribution < -0.4 is 5.32 Å². The summed E-state index contributed by atoms with van der Waals surface area (Å²) < 4.78 is 0. The SMILES string of the molecule is CC(=O)Nc1cc(-c2[nH]c3nccnc3c2-c2cccc(Cl)c2)ccn1. The van der Waals surface area contributed by atoms with E-state index in [4.69, 9.17) is 11.6 Å². The van der Waals surface area contributed by atoms with Gasteiger partial charge in [-0.2, -0.15) is 0 Å². The number of carbonyl (C=O) groups is 1. The van der Waals surface area contributed by atoms with Crippen LogP contribution in [0.4, 0.5) is 5.82 Å². The highest BCUT2D eigenvalue weighted by Crippen LogP contribution is 2.37. The lowest BCUT2D eigenvalue weighted by Crippen LogP contribution is -2.07. The zero-order valence-electron chi connectivity index (χ0n) is 13.8. The van der Waals surface area contributed by atoms with Gasteiger partial charge in [0.05, 0.1) is 5.69 Å². The summed E-state index contributed by atoms with van der Waals surface area (Å²) in [5.41, 5.74) is 4.95. The third kappa shape index (κ3) is 3.02. The summed E-state index contributed by atoms with van der Waals surface area (Å²) in [5, 5.41) is 3.34. The van der Waals surface area contributed by atoms with Crippen molar-refractivity contribution >= 4 is 34.5 Å². The van der Waals surface area contributed by atoms with E-state index in [2.05, 4.69) is 25.3 Å². The van der Waals surface area contributed by atoms with Crippen LogP contribution in [0.5, 0.6) is 0 Å². The first kappa shape index (κ1) is 16.2. The molecule has 1 aromatic carbocycles. The summed E-state index contributed by atoms with van der Waals surface area (Å²) in [7, 11) is 0. The third-order valence-corrected chi connectivity index (χ3v) is 4.13. The van der Waals surface area contributed by atoms with Crippen molar-refractivity contribution in [3.05, 3.63) is 60.0 Å². The van der Waals surface area contributed by atoms with Crippen LogP contribution in [0.1, 0.15) is 6.92 Å². The van der Waals surface area contributed by atoms with E-state index in [1.54, 1.807) is 24.7 Å². The van der Waals surface area contributed by atoms with Crippen LogP contribution in [-0.4, -0.2) is 25.8 Å². The second-order valence-electron chi connectivity index (χ2n) is 5.75. The van der Waals surface area contributed by atoms with E-state index in [1.165, 1.54) is 6.92 Å². The lowest BCUT2D eigenvalue weighted by molar-refractivity contribution is -0.114. The molecule has 6 nitrogen and oxygen atoms in total. The Morgan fingerprint density at radius 2 is 1.88 bits per heavy atom. The Morgan fingerprint density at radius 3 is 2.69 bits per heavy atom. The van der Waals surface area contributed by atoms with Crippen molar-refractivity contribution in [2.24, 2.45) is 0 Å². The number of fused-ring (bicyclic) bond motifs is 1. The highest BCUT2D eigenvalue weighted by Gasteiger charge is 2.17. The number of hydrogen-bond donors (Lipinski definition) is 2. The molecule has 0 spiro atoms. The minimum absolute atomic E-state index is 0.176. The fourth-order valence-corrected chi connectivity index (χ4v) is 3.08. The van der Waals surface area contributed by atoms with Crippen LogP contribution in [0.3, 0.4) is 0 Å². The van der Waals surface area contributed by atoms with Crippen LogP contribution in [0.25, 0.3) is 33.5 Å². The zero-order valence-corrected chi connectivity index (χ0v) is 14.6. The first-order chi connectivity index (χ1) is 12.6. The molecule has 26 heavy (non-hydrogen) atoms. The molecule has 1 amide bonds. The van der Waals surface area contributed by atoms with Gasteiger partial charge in [0.25, 0.3) is 0 Å². The van der Waals surface area contributed by atoms with Gasteiger partial charge in [0, 0.05) is 41.7 Å². The van der Waals surface area contributed by atoms with Crippen LogP contribution >= 0.6 is 11.6 Å². The molecule has 0 saturated carbocycles. The van der Waals surface area contributed by atoms with Gasteiger partial charge in [-0.3, -0.25) is 9.78 Å². The quantitative estimate of drug-likeness (QED) is 0.568. The number of carbonyl (C=O) groups excluding carboxylic acids is 1. The topological polar surface area (TPSA) is 83.6 Å². The van der Waals surface area contributed by atoms with Crippen molar-refractivity contribution in [2.45, 2.75) is 6.92 Å². The predicted octanol–water partition coefficient (Wildman–Crippen LogP) is 4.30. The zero-order chi connectivity index (χ0) is 18.1. The predicted molar refractivity (Wildman–Crippen MR) is 102 cm³/mol. The Morgan fingerprint density at radius 1 is 1.04 bits per heavy atom. The van der Waals surface area contributed by atoms with Gasteiger partial charge in [-0.1, -0.05) is 23.7 Å². The molecule has 0 atom stereocenters. The molecule has 7 heteroatoms. The fraction of sp³-hybridized carbons (Fsp3) is 0.0526. The molecular formula is C19H14ClN5O. The fourth-order valence-electron chi connectivity index (χ4n) is 2.89. The number of aromatic amines is 1. The molecule has 3 aromatic heterocycles. The average molecular weight is 364 g/mol. The second-order valence-corrected chi connectivity index (χ2v) is 6.19. The molecule has 2 N–H and O–H groups in total. The number of H-pyrrole nitrogens is 1. The number of nitrogens with one attached hydrogen (secondary N) is 2. The summed E-state index contributed by atoms with van der Waals surface area (Å²) >= 11 is 6.19. The van der Waals surface area contributed by atoms with Gasteiger partial charge in [0.1, 0.15) is 11.3 Å². The summed E-state index contributed by atoms with van der Waals surface area (Å²) in [6.07, 6.45) is 4.94. The van der Waals surface area contributed by atoms with Gasteiger partial charge < -0.3 is 10.3 Å². The Labute approximate surface area is 154 Å². The minimum atomic E-state index is -0.176. The number of benzene rings is 1. The molecule has 0 saturated heterocycles. The highest BCUT2D eigenvalue weighted by atomic mass is 35.5. The minimum Gasteiger partial charge on any atom is -0.337 e. The number of aromatic nitrogens is 4. The van der Waals surface area contributed by atoms with E-state index in [0.717, 1.165) is 27.9 Å². The molecule has 0 aliphatic rings. The van der Waals surface area contributed by atoms with Gasteiger partial charge in [-0.25, -0.2) is 9.97 Å². The van der Waals surface area contributed by atoms with Crippen molar-refractivity contribution in [3.8, 4) is 22.4 Å². The Kier molecular flexibility index (Phi) is 4.10. The van der Waals surface area contributed by atoms with Crippen molar-refractivity contribution in [1.29, 1.82) is 0 Å². The number of anilines is 1. The summed E-state index contributed by atoms with van der Waals surface area (Å²) in [4.78, 5) is 27.7. The molecule has 4 rings (SSSR count). The number of halogens is 1. The van der Waals surface area contributed by atoms with Crippen LogP contribution in [0, 0.1) is 0 Å². The molecular weight excluding hydrogens is 350 g/mol. The molecule has 0 aliphatic carbocycles. The number of rotatable bonds is 3. The van der Waals surface area contributed by atoms with Crippen molar-refractivity contribution in [3.63, 3.8) is 0 Å². The van der Waals surface area contributed by atoms with E-state index in [0.29, 0.717) is 16.5 Å². The maximum absolute atomic E-state index is 11.3. The maximum atomic E-state index is 11.3. The highest BCUT2D eigenvalue weighted by molar-refractivity contribution is 6.31. The van der Waals surface area contributed by atoms with E-state index < -0.39 is 0 Å². The lowest BCUT2D eigenvalue weighted by atomic mass is 10.0. The van der Waals surface area contributed by atoms with Gasteiger partial charge in [0.15, 0.2) is 5.65 Å². The van der Waals surface area contributed by atoms with Crippen molar-refractivity contribution in [2.75, 3.05) is 5.32 Å². The Hall–Kier alpha value is -3.25. The molecule has 3 heterocycles. The van der Waals surface area contributed by atoms with Crippen LogP contribution in [-0.2, 0) is 4.79 Å². The molecule has 0 bridgehead atoms. The molecule has 0 radical (unpaired) electrons. The van der Waals surface area contributed by atoms with E-state index in [9.17, 15) is 4.79 Å². The Balaban J connectivity index is 1.96. The van der Waals surface area contributed by atoms with E-state index >= 15 is 0 Å². The van der Waals surface area contributed by atoms with E-state index in [-0.39, 0.29) is 5.91 Å². The standard InChI is InChI=1S/C19H14ClN5O/c1-11(26)24-15-10-13(5-6-21-15)17-16(12-3-2-4-14(20)9-12)18-19(25-17)23-8-7-22-18/h2-10H,1H3,(H,23,25)(H,21,24,26). The van der Waals surface area contributed by atoms with Gasteiger partial charge in [-0.15, -0.1) is 0 Å². The normalized spacial score (nSPS) is 10.8. The summed E-state index contributed by atoms with van der Waals surface area (Å²) in [5.74, 6) is 0.302. The van der Waals surface area contributed by atoms with Crippen molar-refractivity contribution in [1.82, 2.24) is 19.9 Å². The maximum Gasteiger partial charge on any atom is 0.222 e. The molecule has 0 unspecified atom stereocenters. The molecule has 128 valence electrons. The number of hydrogen-bond acceptors (Lipinski definition) is 4. The number of nitrogens with zero attached hydrogens (tertiary/aromatic N) is 3. The molecule has 0 fully saturated rings. The van der Waals surface area contributed by atoms with Gasteiger partial charge in [0.2, 0.25) is 5.91 Å². The third-order valence-electron chi connectivity index (χ3n) is 3.89. The molecule has 0 aliphatic heterocycles. The van der Waals surface area contributed by atoms with Crippen LogP contribution in [0.2, 0.25) is 5.02 Å². The van der Waals surface area contributed by atoms with Gasteiger partial charge in [-0.05, 0) is 29.8 Å². The average Bonchev–Trinajstić information content (AvgIpc) is 3.01. The first-order valence-electron chi connectivity index (χ1n) is 7.94. The smallest absolute Gasteiger partial charge is 0.222 e. The largest absolute Gasteiger partial charge is 0.337 e. The Bertz CT molecular complexity index is 1120. The monoisotopic (exact) mass is 363 g/mol. The lowest BCUT2D eigenvalue weighted by Gasteiger charge is -2.07. The van der Waals surface area contributed by atoms with E-state index in [1.807, 2.05) is 30.3 Å². The number of pyridine rings is 1. The second kappa shape index (κ2) is 6.57. The first-order valence-corrected chi connectivity index (χ1v) is 8.32. The van der Waals surface area contributed by atoms with Gasteiger partial charge >= 0.3 is 0 Å². The van der Waals surface area contributed by atoms with Crippen molar-refractivity contribution < 1.29 is 4.79 Å². The number of amides is 1. The summed E-state index contributed by atoms with van der Waals surface area (Å²) in [6.45, 7) is 1.45.